The SMILES string of the molecule is Nc1ccccc1NC(=O)c1ccc(NC(=O)CN2C(=O)C3(OCCO3)c3cc(F)ccc32)cc1. The normalized spacial score (nSPS) is 15.8. The number of fused-ring (bicyclic) bond motifs is 2. The highest BCUT2D eigenvalue weighted by molar-refractivity contribution is 6.10. The van der Waals surface area contributed by atoms with Gasteiger partial charge in [-0.25, -0.2) is 4.39 Å². The number of para-hydroxylation sites is 2. The molecule has 10 heteroatoms. The lowest BCUT2D eigenvalue weighted by Gasteiger charge is -2.21. The van der Waals surface area contributed by atoms with E-state index in [4.69, 9.17) is 15.2 Å². The van der Waals surface area contributed by atoms with Crippen molar-refractivity contribution in [1.29, 1.82) is 0 Å². The number of hydrogen-bond donors (Lipinski definition) is 3. The fourth-order valence-corrected chi connectivity index (χ4v) is 4.11. The molecule has 1 fully saturated rings. The summed E-state index contributed by atoms with van der Waals surface area (Å²) < 4.78 is 25.0. The molecule has 9 nitrogen and oxygen atoms in total. The van der Waals surface area contributed by atoms with Gasteiger partial charge >= 0.3 is 0 Å². The number of nitrogens with one attached hydrogen (secondary N) is 2. The maximum atomic E-state index is 13.9. The topological polar surface area (TPSA) is 123 Å². The number of amides is 3. The molecule has 4 N–H and O–H groups in total. The second kappa shape index (κ2) is 8.82. The third kappa shape index (κ3) is 4.09. The fraction of sp³-hybridized carbons (Fsp3) is 0.160. The van der Waals surface area contributed by atoms with Gasteiger partial charge in [-0.3, -0.25) is 19.3 Å². The van der Waals surface area contributed by atoms with E-state index < -0.39 is 23.4 Å². The molecule has 0 unspecified atom stereocenters. The number of halogens is 1. The number of benzene rings is 3. The molecule has 35 heavy (non-hydrogen) atoms. The van der Waals surface area contributed by atoms with Crippen LogP contribution in [0.1, 0.15) is 15.9 Å². The maximum absolute atomic E-state index is 13.9. The molecule has 0 bridgehead atoms. The van der Waals surface area contributed by atoms with Crippen LogP contribution in [0.25, 0.3) is 0 Å². The van der Waals surface area contributed by atoms with Gasteiger partial charge in [-0.05, 0) is 54.6 Å². The van der Waals surface area contributed by atoms with E-state index in [1.165, 1.54) is 23.1 Å². The number of nitrogens with zero attached hydrogens (tertiary/aromatic N) is 1. The summed E-state index contributed by atoms with van der Waals surface area (Å²) in [6.07, 6.45) is 0. The van der Waals surface area contributed by atoms with Crippen LogP contribution < -0.4 is 21.3 Å². The number of carbonyl (C=O) groups excluding carboxylic acids is 3. The molecular formula is C25H21FN4O5. The standard InChI is InChI=1S/C25H21FN4O5/c26-16-7-10-21-18(13-16)25(34-11-12-35-25)24(33)30(21)14-22(31)28-17-8-5-15(6-9-17)23(32)29-20-4-2-1-3-19(20)27/h1-10,13H,11-12,14,27H2,(H,28,31)(H,29,32). The number of anilines is 4. The van der Waals surface area contributed by atoms with Crippen molar-refractivity contribution >= 4 is 40.5 Å². The molecule has 178 valence electrons. The number of ether oxygens (including phenoxy) is 2. The minimum absolute atomic E-state index is 0.179. The van der Waals surface area contributed by atoms with E-state index in [-0.39, 0.29) is 31.2 Å². The first kappa shape index (κ1) is 22.5. The Labute approximate surface area is 199 Å². The van der Waals surface area contributed by atoms with E-state index >= 15 is 0 Å². The number of carbonyl (C=O) groups is 3. The van der Waals surface area contributed by atoms with Crippen LogP contribution >= 0.6 is 0 Å². The molecule has 1 saturated heterocycles. The Hall–Kier alpha value is -4.28. The maximum Gasteiger partial charge on any atom is 0.293 e. The molecule has 3 aromatic rings. The smallest absolute Gasteiger partial charge is 0.293 e. The Balaban J connectivity index is 1.26. The molecule has 5 rings (SSSR count). The zero-order valence-electron chi connectivity index (χ0n) is 18.4. The minimum atomic E-state index is -1.73. The van der Waals surface area contributed by atoms with Gasteiger partial charge in [-0.1, -0.05) is 12.1 Å². The number of rotatable bonds is 5. The van der Waals surface area contributed by atoms with Crippen molar-refractivity contribution in [2.24, 2.45) is 0 Å². The quantitative estimate of drug-likeness (QED) is 0.487. The van der Waals surface area contributed by atoms with Crippen LogP contribution in [0.2, 0.25) is 0 Å². The van der Waals surface area contributed by atoms with Crippen LogP contribution in [-0.2, 0) is 24.8 Å². The molecule has 3 aromatic carbocycles. The number of nitrogens with two attached hydrogens (primary N) is 1. The largest absolute Gasteiger partial charge is 0.397 e. The van der Waals surface area contributed by atoms with Crippen molar-refractivity contribution in [1.82, 2.24) is 0 Å². The first-order valence-electron chi connectivity index (χ1n) is 10.8. The van der Waals surface area contributed by atoms with Gasteiger partial charge in [-0.2, -0.15) is 0 Å². The minimum Gasteiger partial charge on any atom is -0.397 e. The molecule has 2 heterocycles. The highest BCUT2D eigenvalue weighted by atomic mass is 19.1. The van der Waals surface area contributed by atoms with Crippen molar-refractivity contribution in [3.63, 3.8) is 0 Å². The molecule has 0 radical (unpaired) electrons. The Morgan fingerprint density at radius 3 is 2.43 bits per heavy atom. The van der Waals surface area contributed by atoms with Gasteiger partial charge in [0.25, 0.3) is 17.6 Å². The van der Waals surface area contributed by atoms with Crippen LogP contribution in [0.5, 0.6) is 0 Å². The van der Waals surface area contributed by atoms with Crippen LogP contribution in [0.15, 0.2) is 66.7 Å². The lowest BCUT2D eigenvalue weighted by atomic mass is 10.1. The van der Waals surface area contributed by atoms with Crippen molar-refractivity contribution in [2.75, 3.05) is 41.0 Å². The van der Waals surface area contributed by atoms with Gasteiger partial charge in [0.2, 0.25) is 5.91 Å². The van der Waals surface area contributed by atoms with E-state index in [1.54, 1.807) is 48.5 Å². The number of nitrogen functional groups attached to an aromatic ring is 1. The molecule has 0 saturated carbocycles. The fourth-order valence-electron chi connectivity index (χ4n) is 4.11. The van der Waals surface area contributed by atoms with E-state index in [2.05, 4.69) is 10.6 Å². The van der Waals surface area contributed by atoms with E-state index in [9.17, 15) is 18.8 Å². The summed E-state index contributed by atoms with van der Waals surface area (Å²) >= 11 is 0. The lowest BCUT2D eigenvalue weighted by molar-refractivity contribution is -0.180. The van der Waals surface area contributed by atoms with Gasteiger partial charge < -0.3 is 25.8 Å². The Kier molecular flexibility index (Phi) is 5.67. The molecule has 0 aromatic heterocycles. The molecular weight excluding hydrogens is 455 g/mol. The van der Waals surface area contributed by atoms with Crippen LogP contribution in [-0.4, -0.2) is 37.5 Å². The Morgan fingerprint density at radius 2 is 1.71 bits per heavy atom. The predicted octanol–water partition coefficient (Wildman–Crippen LogP) is 2.85. The second-order valence-electron chi connectivity index (χ2n) is 8.03. The number of hydrogen-bond acceptors (Lipinski definition) is 6. The predicted molar refractivity (Wildman–Crippen MR) is 126 cm³/mol. The molecule has 3 amide bonds. The highest BCUT2D eigenvalue weighted by Gasteiger charge is 2.56. The third-order valence-corrected chi connectivity index (χ3v) is 5.77. The van der Waals surface area contributed by atoms with Gasteiger partial charge in [0.05, 0.1) is 30.3 Å². The second-order valence-corrected chi connectivity index (χ2v) is 8.03. The molecule has 0 atom stereocenters. The van der Waals surface area contributed by atoms with E-state index in [0.29, 0.717) is 28.3 Å². The molecule has 2 aliphatic heterocycles. The lowest BCUT2D eigenvalue weighted by Crippen LogP contribution is -2.44. The summed E-state index contributed by atoms with van der Waals surface area (Å²) in [7, 11) is 0. The van der Waals surface area contributed by atoms with Gasteiger partial charge in [-0.15, -0.1) is 0 Å². The monoisotopic (exact) mass is 476 g/mol. The summed E-state index contributed by atoms with van der Waals surface area (Å²) in [5.74, 6) is -3.69. The first-order valence-corrected chi connectivity index (χ1v) is 10.8. The summed E-state index contributed by atoms with van der Waals surface area (Å²) in [6, 6.07) is 17.0. The average molecular weight is 476 g/mol. The Morgan fingerprint density at radius 1 is 1.00 bits per heavy atom. The van der Waals surface area contributed by atoms with E-state index in [0.717, 1.165) is 0 Å². The van der Waals surface area contributed by atoms with E-state index in [1.807, 2.05) is 0 Å². The van der Waals surface area contributed by atoms with Crippen LogP contribution in [0.4, 0.5) is 27.1 Å². The molecule has 0 aliphatic carbocycles. The van der Waals surface area contributed by atoms with Crippen molar-refractivity contribution in [3.05, 3.63) is 83.7 Å². The Bertz CT molecular complexity index is 1320. The van der Waals surface area contributed by atoms with Crippen LogP contribution in [0, 0.1) is 5.82 Å². The molecule has 1 spiro atoms. The zero-order chi connectivity index (χ0) is 24.6. The highest BCUT2D eigenvalue weighted by Crippen LogP contribution is 2.45. The van der Waals surface area contributed by atoms with Gasteiger partial charge in [0, 0.05) is 16.8 Å². The summed E-state index contributed by atoms with van der Waals surface area (Å²) in [5.41, 5.74) is 8.18. The van der Waals surface area contributed by atoms with Crippen molar-refractivity contribution in [3.8, 4) is 0 Å². The first-order chi connectivity index (χ1) is 16.9. The van der Waals surface area contributed by atoms with Crippen molar-refractivity contribution < 1.29 is 28.2 Å². The van der Waals surface area contributed by atoms with Crippen LogP contribution in [0.3, 0.4) is 0 Å². The summed E-state index contributed by atoms with van der Waals surface area (Å²) in [4.78, 5) is 39.5. The third-order valence-electron chi connectivity index (χ3n) is 5.77. The van der Waals surface area contributed by atoms with Gasteiger partial charge in [0.1, 0.15) is 12.4 Å². The summed E-state index contributed by atoms with van der Waals surface area (Å²) in [6.45, 7) is 0.0263. The van der Waals surface area contributed by atoms with Gasteiger partial charge in [0.15, 0.2) is 0 Å². The van der Waals surface area contributed by atoms with Crippen molar-refractivity contribution in [2.45, 2.75) is 5.79 Å². The summed E-state index contributed by atoms with van der Waals surface area (Å²) in [5, 5.41) is 5.43. The zero-order valence-corrected chi connectivity index (χ0v) is 18.4. The molecule has 2 aliphatic rings. The average Bonchev–Trinajstić information content (AvgIpc) is 3.42.